The molecule has 2 aromatic carbocycles. The number of nitrogen functional groups attached to an aromatic ring is 1. The van der Waals surface area contributed by atoms with Gasteiger partial charge in [0.1, 0.15) is 5.75 Å². The molecule has 0 radical (unpaired) electrons. The highest BCUT2D eigenvalue weighted by atomic mass is 16.3. The second kappa shape index (κ2) is 4.79. The molecule has 0 aliphatic carbocycles. The predicted molar refractivity (Wildman–Crippen MR) is 70.0 cm³/mol. The number of nitrogens with two attached hydrogens (primary N) is 2. The zero-order chi connectivity index (χ0) is 13.1. The molecule has 4 nitrogen and oxygen atoms in total. The molecular weight excluding hydrogens is 228 g/mol. The third-order valence-corrected chi connectivity index (χ3v) is 2.80. The summed E-state index contributed by atoms with van der Waals surface area (Å²) in [6.45, 7) is 0. The van der Waals surface area contributed by atoms with E-state index in [1.807, 2.05) is 0 Å². The van der Waals surface area contributed by atoms with Crippen molar-refractivity contribution in [2.24, 2.45) is 5.73 Å². The maximum Gasteiger partial charge on any atom is 0.229 e. The summed E-state index contributed by atoms with van der Waals surface area (Å²) in [6.07, 6.45) is 0. The number of carbonyl (C=O) groups is 1. The summed E-state index contributed by atoms with van der Waals surface area (Å²) in [5.74, 6) is -1.13. The molecule has 4 heteroatoms. The van der Waals surface area contributed by atoms with Crippen molar-refractivity contribution in [2.75, 3.05) is 5.73 Å². The molecule has 0 fully saturated rings. The molecular formula is C14H14N2O2. The summed E-state index contributed by atoms with van der Waals surface area (Å²) in [7, 11) is 0. The highest BCUT2D eigenvalue weighted by Gasteiger charge is 2.22. The fourth-order valence-electron chi connectivity index (χ4n) is 1.92. The van der Waals surface area contributed by atoms with Crippen LogP contribution >= 0.6 is 0 Å². The highest BCUT2D eigenvalue weighted by molar-refractivity contribution is 5.86. The first kappa shape index (κ1) is 12.0. The minimum Gasteiger partial charge on any atom is -0.508 e. The summed E-state index contributed by atoms with van der Waals surface area (Å²) in [4.78, 5) is 11.6. The Morgan fingerprint density at radius 1 is 1.06 bits per heavy atom. The van der Waals surface area contributed by atoms with Crippen LogP contribution in [-0.4, -0.2) is 11.0 Å². The molecule has 0 heterocycles. The van der Waals surface area contributed by atoms with Crippen molar-refractivity contribution in [2.45, 2.75) is 5.92 Å². The lowest BCUT2D eigenvalue weighted by molar-refractivity contribution is -0.118. The van der Waals surface area contributed by atoms with Crippen LogP contribution in [0.3, 0.4) is 0 Å². The summed E-state index contributed by atoms with van der Waals surface area (Å²) < 4.78 is 0. The van der Waals surface area contributed by atoms with Crippen LogP contribution in [0, 0.1) is 0 Å². The number of amides is 1. The lowest BCUT2D eigenvalue weighted by Gasteiger charge is -2.15. The first-order valence-electron chi connectivity index (χ1n) is 5.52. The largest absolute Gasteiger partial charge is 0.508 e. The third kappa shape index (κ3) is 2.27. The Kier molecular flexibility index (Phi) is 3.19. The van der Waals surface area contributed by atoms with E-state index in [4.69, 9.17) is 11.5 Å². The van der Waals surface area contributed by atoms with Crippen LogP contribution in [0.2, 0.25) is 0 Å². The molecule has 0 saturated heterocycles. The molecule has 0 spiro atoms. The number of phenolic OH excluding ortho intramolecular Hbond substituents is 1. The van der Waals surface area contributed by atoms with Crippen molar-refractivity contribution in [3.05, 3.63) is 59.7 Å². The average Bonchev–Trinajstić information content (AvgIpc) is 2.34. The van der Waals surface area contributed by atoms with Crippen molar-refractivity contribution >= 4 is 11.6 Å². The Hall–Kier alpha value is -2.49. The summed E-state index contributed by atoms with van der Waals surface area (Å²) in [5.41, 5.74) is 12.8. The molecule has 1 atom stereocenters. The van der Waals surface area contributed by atoms with Gasteiger partial charge >= 0.3 is 0 Å². The normalized spacial score (nSPS) is 12.0. The first-order chi connectivity index (χ1) is 8.59. The van der Waals surface area contributed by atoms with E-state index in [9.17, 15) is 9.90 Å². The molecule has 0 aromatic heterocycles. The Morgan fingerprint density at radius 2 is 1.67 bits per heavy atom. The number of carbonyl (C=O) groups excluding carboxylic acids is 1. The van der Waals surface area contributed by atoms with Crippen molar-refractivity contribution in [1.82, 2.24) is 0 Å². The monoisotopic (exact) mass is 242 g/mol. The van der Waals surface area contributed by atoms with Gasteiger partial charge in [-0.2, -0.15) is 0 Å². The van der Waals surface area contributed by atoms with Crippen molar-refractivity contribution < 1.29 is 9.90 Å². The Bertz CT molecular complexity index is 564. The number of para-hydroxylation sites is 1. The molecule has 5 N–H and O–H groups in total. The van der Waals surface area contributed by atoms with Crippen molar-refractivity contribution in [3.8, 4) is 5.75 Å². The summed E-state index contributed by atoms with van der Waals surface area (Å²) in [6, 6.07) is 13.5. The predicted octanol–water partition coefficient (Wildman–Crippen LogP) is 1.59. The topological polar surface area (TPSA) is 89.3 Å². The number of primary amides is 1. The molecule has 2 aromatic rings. The summed E-state index contributed by atoms with van der Waals surface area (Å²) >= 11 is 0. The van der Waals surface area contributed by atoms with Crippen LogP contribution in [-0.2, 0) is 4.79 Å². The van der Waals surface area contributed by atoms with Gasteiger partial charge in [0, 0.05) is 11.3 Å². The highest BCUT2D eigenvalue weighted by Crippen LogP contribution is 2.31. The van der Waals surface area contributed by atoms with E-state index in [1.165, 1.54) is 6.07 Å². The first-order valence-corrected chi connectivity index (χ1v) is 5.52. The molecule has 2 rings (SSSR count). The van der Waals surface area contributed by atoms with Crippen LogP contribution < -0.4 is 11.5 Å². The molecule has 1 unspecified atom stereocenters. The van der Waals surface area contributed by atoms with E-state index in [2.05, 4.69) is 0 Å². The van der Waals surface area contributed by atoms with Gasteiger partial charge in [-0.25, -0.2) is 0 Å². The molecule has 0 aliphatic heterocycles. The lowest BCUT2D eigenvalue weighted by atomic mass is 9.90. The fraction of sp³-hybridized carbons (Fsp3) is 0.0714. The van der Waals surface area contributed by atoms with E-state index in [-0.39, 0.29) is 5.75 Å². The number of rotatable bonds is 3. The van der Waals surface area contributed by atoms with E-state index in [1.54, 1.807) is 42.5 Å². The zero-order valence-corrected chi connectivity index (χ0v) is 9.71. The average molecular weight is 242 g/mol. The van der Waals surface area contributed by atoms with Crippen LogP contribution in [0.4, 0.5) is 5.69 Å². The minimum absolute atomic E-state index is 0.0538. The lowest BCUT2D eigenvalue weighted by Crippen LogP contribution is -2.22. The Labute approximate surface area is 105 Å². The van der Waals surface area contributed by atoms with E-state index < -0.39 is 11.8 Å². The SMILES string of the molecule is NC(=O)C(c1ccc(N)cc1)c1ccccc1O. The van der Waals surface area contributed by atoms with Gasteiger partial charge < -0.3 is 16.6 Å². The molecule has 18 heavy (non-hydrogen) atoms. The molecule has 1 amide bonds. The number of anilines is 1. The standard InChI is InChI=1S/C14H14N2O2/c15-10-7-5-9(6-8-10)13(14(16)18)11-3-1-2-4-12(11)17/h1-8,13,17H,15H2,(H2,16,18). The van der Waals surface area contributed by atoms with Gasteiger partial charge in [0.25, 0.3) is 0 Å². The van der Waals surface area contributed by atoms with Crippen molar-refractivity contribution in [3.63, 3.8) is 0 Å². The number of hydrogen-bond acceptors (Lipinski definition) is 3. The zero-order valence-electron chi connectivity index (χ0n) is 9.71. The van der Waals surface area contributed by atoms with Gasteiger partial charge in [-0.05, 0) is 23.8 Å². The van der Waals surface area contributed by atoms with Crippen LogP contribution in [0.25, 0.3) is 0 Å². The Morgan fingerprint density at radius 3 is 2.22 bits per heavy atom. The second-order valence-electron chi connectivity index (χ2n) is 4.06. The number of phenols is 1. The molecule has 0 saturated carbocycles. The molecule has 0 aliphatic rings. The second-order valence-corrected chi connectivity index (χ2v) is 4.06. The Balaban J connectivity index is 2.50. The van der Waals surface area contributed by atoms with Crippen LogP contribution in [0.5, 0.6) is 5.75 Å². The fourth-order valence-corrected chi connectivity index (χ4v) is 1.92. The molecule has 92 valence electrons. The van der Waals surface area contributed by atoms with Crippen LogP contribution in [0.1, 0.15) is 17.0 Å². The van der Waals surface area contributed by atoms with Gasteiger partial charge in [0.05, 0.1) is 5.92 Å². The summed E-state index contributed by atoms with van der Waals surface area (Å²) in [5, 5.41) is 9.81. The van der Waals surface area contributed by atoms with E-state index >= 15 is 0 Å². The smallest absolute Gasteiger partial charge is 0.229 e. The van der Waals surface area contributed by atoms with Gasteiger partial charge in [-0.1, -0.05) is 30.3 Å². The quantitative estimate of drug-likeness (QED) is 0.714. The van der Waals surface area contributed by atoms with Gasteiger partial charge in [-0.15, -0.1) is 0 Å². The maximum absolute atomic E-state index is 11.6. The molecule has 0 bridgehead atoms. The maximum atomic E-state index is 11.6. The van der Waals surface area contributed by atoms with Crippen molar-refractivity contribution in [1.29, 1.82) is 0 Å². The van der Waals surface area contributed by atoms with E-state index in [0.29, 0.717) is 16.8 Å². The third-order valence-electron chi connectivity index (χ3n) is 2.80. The minimum atomic E-state index is -0.674. The number of aromatic hydroxyl groups is 1. The van der Waals surface area contributed by atoms with Gasteiger partial charge in [0.2, 0.25) is 5.91 Å². The van der Waals surface area contributed by atoms with Gasteiger partial charge in [0.15, 0.2) is 0 Å². The van der Waals surface area contributed by atoms with E-state index in [0.717, 1.165) is 0 Å². The number of hydrogen-bond donors (Lipinski definition) is 3. The number of benzene rings is 2. The van der Waals surface area contributed by atoms with Gasteiger partial charge in [-0.3, -0.25) is 4.79 Å². The van der Waals surface area contributed by atoms with Crippen LogP contribution in [0.15, 0.2) is 48.5 Å².